The number of benzene rings is 3. The summed E-state index contributed by atoms with van der Waals surface area (Å²) >= 11 is 0. The molecule has 3 aliphatic rings. The molecule has 0 saturated carbocycles. The van der Waals surface area contributed by atoms with Gasteiger partial charge >= 0.3 is 19.5 Å². The zero-order valence-electron chi connectivity index (χ0n) is 29.2. The number of imide groups is 1. The maximum atomic E-state index is 14.2. The number of halogens is 6. The summed E-state index contributed by atoms with van der Waals surface area (Å²) in [6.45, 7) is 3.80. The summed E-state index contributed by atoms with van der Waals surface area (Å²) in [5.41, 5.74) is -0.237. The standard InChI is InChI=1S/C40H35BF6N2O5/c1-21(2)29-19-30-36(38(52)49(37(30)51)26-17-24(39(42,43)44)16-25(18-26)40(45,46)47)31-20-41(53)54-34(35(29)31)13-11-23(32-9-5-6-14-48-32)15-22-10-12-33(50)28-8-4-3-7-27(22)28/h3-10,12,14-18,21,30-31,34,36,50,53H,11,13,19-20H2,1-2H3/b23-15-/t30-,31+,34-,36-/m1/s1. The third-order valence-electron chi connectivity index (χ3n) is 10.7. The molecule has 7 nitrogen and oxygen atoms in total. The van der Waals surface area contributed by atoms with E-state index in [1.807, 2.05) is 56.3 Å². The second-order valence-corrected chi connectivity index (χ2v) is 14.3. The summed E-state index contributed by atoms with van der Waals surface area (Å²) in [5.74, 6) is -4.76. The van der Waals surface area contributed by atoms with Crippen LogP contribution in [0.2, 0.25) is 6.32 Å². The zero-order valence-corrected chi connectivity index (χ0v) is 29.2. The van der Waals surface area contributed by atoms with Crippen LogP contribution in [-0.2, 0) is 26.6 Å². The molecular weight excluding hydrogens is 713 g/mol. The summed E-state index contributed by atoms with van der Waals surface area (Å²) < 4.78 is 88.8. The fourth-order valence-electron chi connectivity index (χ4n) is 8.31. The van der Waals surface area contributed by atoms with E-state index in [9.17, 15) is 46.1 Å². The molecule has 3 aromatic carbocycles. The third-order valence-corrected chi connectivity index (χ3v) is 10.7. The van der Waals surface area contributed by atoms with Gasteiger partial charge in [0.2, 0.25) is 11.8 Å². The van der Waals surface area contributed by atoms with Gasteiger partial charge in [0.05, 0.1) is 40.4 Å². The summed E-state index contributed by atoms with van der Waals surface area (Å²) in [7, 11) is -1.36. The minimum absolute atomic E-state index is 0.0463. The average Bonchev–Trinajstić information content (AvgIpc) is 3.38. The molecule has 0 bridgehead atoms. The number of aromatic nitrogens is 1. The molecule has 14 heteroatoms. The first-order valence-electron chi connectivity index (χ1n) is 17.6. The Kier molecular flexibility index (Phi) is 9.72. The van der Waals surface area contributed by atoms with Gasteiger partial charge in [0.15, 0.2) is 0 Å². The molecule has 4 aromatic rings. The van der Waals surface area contributed by atoms with Gasteiger partial charge in [0.1, 0.15) is 5.75 Å². The lowest BCUT2D eigenvalue weighted by Crippen LogP contribution is -2.46. The highest BCUT2D eigenvalue weighted by Gasteiger charge is 2.58. The quantitative estimate of drug-likeness (QED) is 0.0848. The number of allylic oxidation sites excluding steroid dienone is 2. The van der Waals surface area contributed by atoms with E-state index in [-0.39, 0.29) is 30.5 Å². The van der Waals surface area contributed by atoms with E-state index in [1.165, 1.54) is 0 Å². The van der Waals surface area contributed by atoms with Crippen LogP contribution in [0.5, 0.6) is 5.75 Å². The number of aromatic hydroxyl groups is 1. The predicted octanol–water partition coefficient (Wildman–Crippen LogP) is 8.96. The molecule has 0 spiro atoms. The molecule has 2 N–H and O–H groups in total. The number of fused-ring (bicyclic) bond motifs is 4. The fraction of sp³-hybridized carbons (Fsp3) is 0.325. The Bertz CT molecular complexity index is 2150. The van der Waals surface area contributed by atoms with Crippen molar-refractivity contribution < 1.29 is 50.7 Å². The first-order valence-corrected chi connectivity index (χ1v) is 17.6. The molecule has 2 saturated heterocycles. The van der Waals surface area contributed by atoms with Crippen molar-refractivity contribution in [3.63, 3.8) is 0 Å². The van der Waals surface area contributed by atoms with Gasteiger partial charge in [-0.3, -0.25) is 14.6 Å². The van der Waals surface area contributed by atoms with E-state index < -0.39 is 72.0 Å². The molecule has 4 atom stereocenters. The van der Waals surface area contributed by atoms with Gasteiger partial charge in [-0.1, -0.05) is 55.8 Å². The number of alkyl halides is 6. The average molecular weight is 749 g/mol. The molecule has 0 unspecified atom stereocenters. The van der Waals surface area contributed by atoms with Crippen molar-refractivity contribution in [1.82, 2.24) is 4.98 Å². The minimum atomic E-state index is -5.18. The second kappa shape index (κ2) is 14.0. The minimum Gasteiger partial charge on any atom is -0.507 e. The van der Waals surface area contributed by atoms with Crippen LogP contribution in [0.4, 0.5) is 32.0 Å². The molecule has 54 heavy (non-hydrogen) atoms. The van der Waals surface area contributed by atoms with Crippen LogP contribution in [0.3, 0.4) is 0 Å². The van der Waals surface area contributed by atoms with Gasteiger partial charge < -0.3 is 14.8 Å². The van der Waals surface area contributed by atoms with Gasteiger partial charge in [-0.05, 0) is 102 Å². The van der Waals surface area contributed by atoms with Gasteiger partial charge in [0, 0.05) is 11.6 Å². The smallest absolute Gasteiger partial charge is 0.455 e. The summed E-state index contributed by atoms with van der Waals surface area (Å²) in [5, 5.41) is 23.0. The summed E-state index contributed by atoms with van der Waals surface area (Å²) in [6.07, 6.45) is -6.81. The zero-order chi connectivity index (χ0) is 38.7. The van der Waals surface area contributed by atoms with Crippen molar-refractivity contribution in [3.05, 3.63) is 113 Å². The normalized spacial score (nSPS) is 22.4. The van der Waals surface area contributed by atoms with E-state index in [0.717, 1.165) is 27.7 Å². The second-order valence-electron chi connectivity index (χ2n) is 14.3. The van der Waals surface area contributed by atoms with Crippen molar-refractivity contribution in [2.75, 3.05) is 4.90 Å². The number of phenolic OH excluding ortho intramolecular Hbond substituents is 1. The molecule has 7 rings (SSSR count). The Morgan fingerprint density at radius 1 is 0.926 bits per heavy atom. The molecule has 2 fully saturated rings. The molecule has 2 aliphatic heterocycles. The van der Waals surface area contributed by atoms with Crippen molar-refractivity contribution in [3.8, 4) is 5.75 Å². The number of carbonyl (C=O) groups is 2. The van der Waals surface area contributed by atoms with Crippen LogP contribution >= 0.6 is 0 Å². The Hall–Kier alpha value is -4.95. The van der Waals surface area contributed by atoms with E-state index in [0.29, 0.717) is 41.0 Å². The number of amides is 2. The largest absolute Gasteiger partial charge is 0.507 e. The number of nitrogens with zero attached hydrogens (tertiary/aromatic N) is 2. The first-order chi connectivity index (χ1) is 25.5. The van der Waals surface area contributed by atoms with Crippen molar-refractivity contribution in [1.29, 1.82) is 0 Å². The lowest BCUT2D eigenvalue weighted by atomic mass is 9.57. The van der Waals surface area contributed by atoms with E-state index in [4.69, 9.17) is 4.65 Å². The fourth-order valence-corrected chi connectivity index (χ4v) is 8.31. The van der Waals surface area contributed by atoms with Gasteiger partial charge in [-0.25, -0.2) is 4.90 Å². The molecule has 3 heterocycles. The number of carbonyl (C=O) groups excluding carboxylic acids is 2. The maximum absolute atomic E-state index is 14.2. The number of rotatable bonds is 7. The lowest BCUT2D eigenvalue weighted by Gasteiger charge is -2.44. The third kappa shape index (κ3) is 6.92. The van der Waals surface area contributed by atoms with Crippen LogP contribution in [0, 0.1) is 23.7 Å². The highest BCUT2D eigenvalue weighted by atomic mass is 19.4. The monoisotopic (exact) mass is 748 g/mol. The number of hydrogen-bond donors (Lipinski definition) is 2. The van der Waals surface area contributed by atoms with Gasteiger partial charge in [0.25, 0.3) is 0 Å². The topological polar surface area (TPSA) is 100.0 Å². The van der Waals surface area contributed by atoms with Crippen LogP contribution in [-0.4, -0.2) is 40.2 Å². The van der Waals surface area contributed by atoms with Gasteiger partial charge in [-0.15, -0.1) is 0 Å². The van der Waals surface area contributed by atoms with Crippen LogP contribution in [0.1, 0.15) is 55.5 Å². The van der Waals surface area contributed by atoms with Crippen LogP contribution in [0.25, 0.3) is 22.4 Å². The SMILES string of the molecule is CC(C)C1=C2[C@@H](CC/C(=C/c3ccc(O)c4ccccc34)c3ccccn3)OB(O)C[C@@H]2[C@@H]2C(=O)N(c3cc(C(F)(F)F)cc(C(F)(F)F)c3)C(=O)[C@@H]2C1. The van der Waals surface area contributed by atoms with Gasteiger partial charge in [-0.2, -0.15) is 26.3 Å². The number of pyridine rings is 1. The lowest BCUT2D eigenvalue weighted by molar-refractivity contribution is -0.143. The predicted molar refractivity (Wildman–Crippen MR) is 190 cm³/mol. The van der Waals surface area contributed by atoms with Crippen LogP contribution in [0.15, 0.2) is 90.1 Å². The van der Waals surface area contributed by atoms with E-state index in [2.05, 4.69) is 4.98 Å². The van der Waals surface area contributed by atoms with E-state index in [1.54, 1.807) is 24.4 Å². The first kappa shape index (κ1) is 37.4. The Balaban J connectivity index is 1.25. The maximum Gasteiger partial charge on any atom is 0.455 e. The Labute approximate surface area is 307 Å². The summed E-state index contributed by atoms with van der Waals surface area (Å²) in [6, 6.07) is 17.0. The van der Waals surface area contributed by atoms with E-state index >= 15 is 0 Å². The number of anilines is 1. The molecular formula is C40H35BF6N2O5. The van der Waals surface area contributed by atoms with Crippen molar-refractivity contribution in [2.24, 2.45) is 23.7 Å². The number of hydrogen-bond acceptors (Lipinski definition) is 6. The number of phenols is 1. The highest BCUT2D eigenvalue weighted by Crippen LogP contribution is 2.53. The Morgan fingerprint density at radius 2 is 1.59 bits per heavy atom. The molecule has 0 radical (unpaired) electrons. The van der Waals surface area contributed by atoms with Crippen molar-refractivity contribution >= 4 is 47.0 Å². The molecule has 1 aromatic heterocycles. The van der Waals surface area contributed by atoms with Crippen molar-refractivity contribution in [2.45, 2.75) is 57.9 Å². The highest BCUT2D eigenvalue weighted by molar-refractivity contribution is 6.43. The molecule has 2 amide bonds. The summed E-state index contributed by atoms with van der Waals surface area (Å²) in [4.78, 5) is 33.1. The molecule has 280 valence electrons. The molecule has 1 aliphatic carbocycles. The Morgan fingerprint density at radius 3 is 2.22 bits per heavy atom. The van der Waals surface area contributed by atoms with Crippen LogP contribution < -0.4 is 4.90 Å².